The lowest BCUT2D eigenvalue weighted by Gasteiger charge is -1.79. The summed E-state index contributed by atoms with van der Waals surface area (Å²) in [5.74, 6) is 0. The van der Waals surface area contributed by atoms with Crippen molar-refractivity contribution in [2.24, 2.45) is 0 Å². The normalized spacial score (nSPS) is 13.6. The average molecular weight is 74.2 g/mol. The first kappa shape index (κ1) is 2.22. The van der Waals surface area contributed by atoms with Crippen molar-refractivity contribution < 1.29 is 2.74 Å². The summed E-state index contributed by atoms with van der Waals surface area (Å²) in [5, 5.41) is 0. The zero-order valence-electron chi connectivity index (χ0n) is 5.54. The van der Waals surface area contributed by atoms with Gasteiger partial charge in [0.2, 0.25) is 0 Å². The van der Waals surface area contributed by atoms with Crippen LogP contribution in [0.3, 0.4) is 0 Å². The molecule has 32 valence electrons. The van der Waals surface area contributed by atoms with Crippen molar-refractivity contribution in [1.82, 2.24) is 0 Å². The first-order valence-electron chi connectivity index (χ1n) is 3.41. The maximum atomic E-state index is 6.72. The monoisotopic (exact) mass is 74.1 g/mol. The molecule has 5 heavy (non-hydrogen) atoms. The van der Waals surface area contributed by atoms with Gasteiger partial charge in [-0.3, -0.25) is 0 Å². The molecule has 0 aromatic rings. The molecule has 0 aromatic heterocycles. The molecule has 0 radical (unpaired) electrons. The highest BCUT2D eigenvalue weighted by atomic mass is 13.7. The van der Waals surface area contributed by atoms with E-state index >= 15 is 0 Å². The van der Waals surface area contributed by atoms with E-state index < -0.39 is 0 Å². The van der Waals surface area contributed by atoms with Crippen LogP contribution in [0.2, 0.25) is 0 Å². The predicted molar refractivity (Wildman–Crippen MR) is 25.2 cm³/mol. The van der Waals surface area contributed by atoms with E-state index in [4.69, 9.17) is 2.74 Å². The molecular formula is C5H12. The predicted octanol–water partition coefficient (Wildman–Crippen LogP) is 2.20. The highest BCUT2D eigenvalue weighted by Gasteiger charge is 1.68. The molecule has 0 aliphatic carbocycles. The second-order valence-electron chi connectivity index (χ2n) is 1.06. The van der Waals surface area contributed by atoms with Crippen LogP contribution in [0.1, 0.15) is 35.8 Å². The van der Waals surface area contributed by atoms with Gasteiger partial charge >= 0.3 is 0 Å². The second kappa shape index (κ2) is 4.00. The molecular weight excluding hydrogens is 60.1 g/mol. The van der Waals surface area contributed by atoms with Crippen LogP contribution in [0.5, 0.6) is 0 Å². The maximum Gasteiger partial charge on any atom is 0.0230 e. The van der Waals surface area contributed by atoms with Crippen molar-refractivity contribution in [2.75, 3.05) is 0 Å². The smallest absolute Gasteiger partial charge is 0.0230 e. The molecule has 0 bridgehead atoms. The van der Waals surface area contributed by atoms with Crippen molar-refractivity contribution in [2.45, 2.75) is 33.1 Å². The van der Waals surface area contributed by atoms with Crippen molar-refractivity contribution in [3.05, 3.63) is 0 Å². The molecule has 0 saturated heterocycles. The van der Waals surface area contributed by atoms with Gasteiger partial charge in [-0.25, -0.2) is 0 Å². The standard InChI is InChI=1S/C5H12/c1-3-5-4-2/h3-5H2,1-2H3/i1D,2D. The Morgan fingerprint density at radius 1 is 1.40 bits per heavy atom. The van der Waals surface area contributed by atoms with Gasteiger partial charge in [-0.05, 0) is 0 Å². The maximum absolute atomic E-state index is 6.72. The Hall–Kier alpha value is 0. The lowest BCUT2D eigenvalue weighted by molar-refractivity contribution is 0.772. The first-order chi connectivity index (χ1) is 3.41. The average Bonchev–Trinajstić information content (AvgIpc) is 1.69. The minimum Gasteiger partial charge on any atom is -0.0654 e. The van der Waals surface area contributed by atoms with Gasteiger partial charge in [-0.15, -0.1) is 0 Å². The van der Waals surface area contributed by atoms with Gasteiger partial charge in [0.1, 0.15) is 0 Å². The Bertz CT molecular complexity index is 25.3. The highest BCUT2D eigenvalue weighted by molar-refractivity contribution is 4.24. The molecule has 0 spiro atoms. The molecule has 0 aromatic carbocycles. The zero-order valence-corrected chi connectivity index (χ0v) is 3.54. The van der Waals surface area contributed by atoms with Crippen LogP contribution in [0.25, 0.3) is 0 Å². The lowest BCUT2D eigenvalue weighted by Crippen LogP contribution is -1.59. The van der Waals surface area contributed by atoms with E-state index in [0.717, 1.165) is 19.3 Å². The van der Waals surface area contributed by atoms with E-state index in [9.17, 15) is 0 Å². The molecule has 0 fully saturated rings. The molecule has 0 heterocycles. The van der Waals surface area contributed by atoms with Gasteiger partial charge in [0, 0.05) is 2.74 Å². The summed E-state index contributed by atoms with van der Waals surface area (Å²) in [7, 11) is 0. The Balaban J connectivity index is 2.45. The summed E-state index contributed by atoms with van der Waals surface area (Å²) in [6.07, 6.45) is 3.00. The van der Waals surface area contributed by atoms with Gasteiger partial charge in [-0.2, -0.15) is 0 Å². The van der Waals surface area contributed by atoms with Gasteiger partial charge in [-0.1, -0.05) is 33.1 Å². The molecule has 0 nitrogen and oxygen atoms in total. The summed E-state index contributed by atoms with van der Waals surface area (Å²) in [4.78, 5) is 0. The van der Waals surface area contributed by atoms with Crippen LogP contribution < -0.4 is 0 Å². The summed E-state index contributed by atoms with van der Waals surface area (Å²) in [6.45, 7) is 1.06. The Morgan fingerprint density at radius 3 is 2.40 bits per heavy atom. The van der Waals surface area contributed by atoms with Crippen LogP contribution in [0, 0.1) is 0 Å². The first-order valence-corrected chi connectivity index (χ1v) is 2.00. The molecule has 0 atom stereocenters. The quantitative estimate of drug-likeness (QED) is 0.440. The topological polar surface area (TPSA) is 0 Å². The van der Waals surface area contributed by atoms with Crippen LogP contribution in [-0.2, 0) is 0 Å². The van der Waals surface area contributed by atoms with Gasteiger partial charge in [0.05, 0.1) is 0 Å². The molecule has 0 unspecified atom stereocenters. The summed E-state index contributed by atoms with van der Waals surface area (Å²) in [6, 6.07) is 0. The van der Waals surface area contributed by atoms with E-state index in [1.165, 1.54) is 0 Å². The number of unbranched alkanes of at least 4 members (excludes halogenated alkanes) is 2. The molecule has 0 saturated carbocycles. The lowest BCUT2D eigenvalue weighted by atomic mass is 10.3. The molecule has 0 amide bonds. The third kappa shape index (κ3) is 4.00. The Labute approximate surface area is 37.0 Å². The number of rotatable bonds is 2. The minimum absolute atomic E-state index is 0.528. The van der Waals surface area contributed by atoms with E-state index in [1.54, 1.807) is 0 Å². The van der Waals surface area contributed by atoms with Gasteiger partial charge < -0.3 is 0 Å². The third-order valence-corrected chi connectivity index (χ3v) is 0.500. The van der Waals surface area contributed by atoms with Crippen molar-refractivity contribution in [3.8, 4) is 0 Å². The number of hydrogen-bond acceptors (Lipinski definition) is 0. The van der Waals surface area contributed by atoms with Crippen molar-refractivity contribution >= 4 is 0 Å². The second-order valence-corrected chi connectivity index (χ2v) is 1.06. The molecule has 0 heteroatoms. The largest absolute Gasteiger partial charge is 0.0654 e. The zero-order chi connectivity index (χ0) is 5.54. The van der Waals surface area contributed by atoms with Crippen LogP contribution >= 0.6 is 0 Å². The molecule has 0 rings (SSSR count). The number of hydrogen-bond donors (Lipinski definition) is 0. The van der Waals surface area contributed by atoms with Crippen LogP contribution in [0.4, 0.5) is 0 Å². The van der Waals surface area contributed by atoms with Gasteiger partial charge in [0.25, 0.3) is 0 Å². The summed E-state index contributed by atoms with van der Waals surface area (Å²) < 4.78 is 13.4. The highest BCUT2D eigenvalue weighted by Crippen LogP contribution is 1.88. The van der Waals surface area contributed by atoms with Gasteiger partial charge in [0.15, 0.2) is 0 Å². The van der Waals surface area contributed by atoms with Crippen LogP contribution in [0.15, 0.2) is 0 Å². The summed E-state index contributed by atoms with van der Waals surface area (Å²) >= 11 is 0. The van der Waals surface area contributed by atoms with Crippen LogP contribution in [-0.4, -0.2) is 0 Å². The fraction of sp³-hybridized carbons (Fsp3) is 1.00. The van der Waals surface area contributed by atoms with E-state index in [0.29, 0.717) is 13.8 Å². The Morgan fingerprint density at radius 2 is 2.00 bits per heavy atom. The van der Waals surface area contributed by atoms with Crippen molar-refractivity contribution in [1.29, 1.82) is 0 Å². The third-order valence-electron chi connectivity index (χ3n) is 0.500. The van der Waals surface area contributed by atoms with Crippen molar-refractivity contribution in [3.63, 3.8) is 0 Å². The van der Waals surface area contributed by atoms with E-state index in [-0.39, 0.29) is 0 Å². The molecule has 0 N–H and O–H groups in total. The molecule has 0 aliphatic heterocycles. The van der Waals surface area contributed by atoms with E-state index in [1.807, 2.05) is 0 Å². The SMILES string of the molecule is [2H]CCCCC[2H]. The minimum atomic E-state index is 0.528. The Kier molecular flexibility index (Phi) is 1.78. The molecule has 0 aliphatic rings. The fourth-order valence-corrected chi connectivity index (χ4v) is 0.177. The summed E-state index contributed by atoms with van der Waals surface area (Å²) in [5.41, 5.74) is 0. The fourth-order valence-electron chi connectivity index (χ4n) is 0.177. The van der Waals surface area contributed by atoms with E-state index in [2.05, 4.69) is 0 Å².